The molecule has 0 radical (unpaired) electrons. The van der Waals surface area contributed by atoms with Gasteiger partial charge in [-0.25, -0.2) is 9.97 Å². The summed E-state index contributed by atoms with van der Waals surface area (Å²) < 4.78 is 5.94. The molecule has 0 unspecified atom stereocenters. The highest BCUT2D eigenvalue weighted by Crippen LogP contribution is 2.30. The first-order chi connectivity index (χ1) is 10.2. The van der Waals surface area contributed by atoms with E-state index >= 15 is 0 Å². The Balaban J connectivity index is 1.57. The molecular weight excluding hydrogens is 268 g/mol. The number of aryl methyl sites for hydroxylation is 1. The predicted molar refractivity (Wildman–Crippen MR) is 75.4 cm³/mol. The van der Waals surface area contributed by atoms with Crippen LogP contribution in [-0.2, 0) is 4.74 Å². The summed E-state index contributed by atoms with van der Waals surface area (Å²) in [5.41, 5.74) is 2.14. The molecular formula is C14H16N6O. The van der Waals surface area contributed by atoms with E-state index in [1.165, 1.54) is 6.33 Å². The van der Waals surface area contributed by atoms with Crippen molar-refractivity contribution >= 4 is 5.69 Å². The van der Waals surface area contributed by atoms with Crippen molar-refractivity contribution in [2.45, 2.75) is 32.0 Å². The van der Waals surface area contributed by atoms with Gasteiger partial charge >= 0.3 is 0 Å². The van der Waals surface area contributed by atoms with Crippen molar-refractivity contribution in [1.29, 1.82) is 5.26 Å². The number of anilines is 1. The van der Waals surface area contributed by atoms with Gasteiger partial charge in [0.15, 0.2) is 5.82 Å². The molecule has 3 rings (SSSR count). The molecule has 21 heavy (non-hydrogen) atoms. The lowest BCUT2D eigenvalue weighted by molar-refractivity contribution is 0.0472. The largest absolute Gasteiger partial charge is 0.382 e. The number of nitrogens with one attached hydrogen (secondary N) is 2. The molecule has 0 aliphatic carbocycles. The van der Waals surface area contributed by atoms with Crippen molar-refractivity contribution in [2.75, 3.05) is 11.9 Å². The van der Waals surface area contributed by atoms with Crippen molar-refractivity contribution in [1.82, 2.24) is 20.2 Å². The Morgan fingerprint density at radius 2 is 2.38 bits per heavy atom. The zero-order valence-corrected chi connectivity index (χ0v) is 11.7. The molecule has 2 aromatic rings. The van der Waals surface area contributed by atoms with E-state index in [4.69, 9.17) is 10.00 Å². The minimum Gasteiger partial charge on any atom is -0.382 e. The van der Waals surface area contributed by atoms with Crippen molar-refractivity contribution in [3.63, 3.8) is 0 Å². The molecule has 1 fully saturated rings. The molecule has 0 bridgehead atoms. The van der Waals surface area contributed by atoms with Crippen LogP contribution >= 0.6 is 0 Å². The summed E-state index contributed by atoms with van der Waals surface area (Å²) in [7, 11) is 0. The molecule has 0 aromatic carbocycles. The van der Waals surface area contributed by atoms with Gasteiger partial charge in [-0.15, -0.1) is 0 Å². The number of nitrogens with zero attached hydrogens (tertiary/aromatic N) is 4. The number of rotatable bonds is 4. The number of hydrogen-bond donors (Lipinski definition) is 2. The van der Waals surface area contributed by atoms with Crippen LogP contribution in [0.25, 0.3) is 0 Å². The second-order valence-electron chi connectivity index (χ2n) is 5.07. The molecule has 1 aliphatic rings. The lowest BCUT2D eigenvalue weighted by atomic mass is 10.2. The molecule has 0 saturated carbocycles. The van der Waals surface area contributed by atoms with E-state index in [0.717, 1.165) is 30.0 Å². The van der Waals surface area contributed by atoms with Crippen LogP contribution in [0.3, 0.4) is 0 Å². The quantitative estimate of drug-likeness (QED) is 0.886. The zero-order valence-electron chi connectivity index (χ0n) is 11.7. The fraction of sp³-hybridized carbons (Fsp3) is 0.429. The van der Waals surface area contributed by atoms with Crippen molar-refractivity contribution in [3.8, 4) is 6.07 Å². The SMILES string of the molecule is Cc1cc(NC[C@H]2CC[C@@H](c3ncn[nH]3)O2)cc(C#N)n1. The zero-order chi connectivity index (χ0) is 14.7. The molecule has 2 atom stereocenters. The average molecular weight is 284 g/mol. The maximum atomic E-state index is 8.93. The van der Waals surface area contributed by atoms with E-state index in [1.807, 2.05) is 13.0 Å². The molecule has 0 spiro atoms. The van der Waals surface area contributed by atoms with E-state index in [2.05, 4.69) is 31.6 Å². The number of aromatic amines is 1. The minimum atomic E-state index is -0.00635. The smallest absolute Gasteiger partial charge is 0.153 e. The van der Waals surface area contributed by atoms with Gasteiger partial charge in [-0.05, 0) is 31.9 Å². The summed E-state index contributed by atoms with van der Waals surface area (Å²) in [4.78, 5) is 8.26. The molecule has 2 N–H and O–H groups in total. The molecule has 7 nitrogen and oxygen atoms in total. The van der Waals surface area contributed by atoms with E-state index in [-0.39, 0.29) is 12.2 Å². The van der Waals surface area contributed by atoms with Gasteiger partial charge in [-0.1, -0.05) is 0 Å². The van der Waals surface area contributed by atoms with Crippen LogP contribution in [0.5, 0.6) is 0 Å². The summed E-state index contributed by atoms with van der Waals surface area (Å²) in [6, 6.07) is 5.73. The van der Waals surface area contributed by atoms with Crippen molar-refractivity contribution in [3.05, 3.63) is 35.7 Å². The Morgan fingerprint density at radius 3 is 3.14 bits per heavy atom. The number of pyridine rings is 1. The standard InChI is InChI=1S/C14H16N6O/c1-9-4-10(5-11(6-15)19-9)16-7-12-2-3-13(21-12)14-17-8-18-20-14/h4-5,8,12-13H,2-3,7H2,1H3,(H,16,19)(H,17,18,20)/t12-,13+/m1/s1. The normalized spacial score (nSPS) is 21.1. The highest BCUT2D eigenvalue weighted by Gasteiger charge is 2.28. The fourth-order valence-corrected chi connectivity index (χ4v) is 2.49. The van der Waals surface area contributed by atoms with Crippen LogP contribution in [0.4, 0.5) is 5.69 Å². The van der Waals surface area contributed by atoms with Gasteiger partial charge in [0.2, 0.25) is 0 Å². The van der Waals surface area contributed by atoms with Crippen LogP contribution in [-0.4, -0.2) is 32.8 Å². The van der Waals surface area contributed by atoms with Gasteiger partial charge in [0.25, 0.3) is 0 Å². The Morgan fingerprint density at radius 1 is 1.48 bits per heavy atom. The van der Waals surface area contributed by atoms with E-state index in [1.54, 1.807) is 6.07 Å². The molecule has 7 heteroatoms. The third-order valence-corrected chi connectivity index (χ3v) is 3.45. The monoisotopic (exact) mass is 284 g/mol. The fourth-order valence-electron chi connectivity index (χ4n) is 2.49. The van der Waals surface area contributed by atoms with Gasteiger partial charge in [0, 0.05) is 17.9 Å². The van der Waals surface area contributed by atoms with Crippen LogP contribution in [0.2, 0.25) is 0 Å². The lowest BCUT2D eigenvalue weighted by Gasteiger charge is -2.14. The summed E-state index contributed by atoms with van der Waals surface area (Å²) in [5.74, 6) is 0.782. The van der Waals surface area contributed by atoms with Gasteiger partial charge in [-0.2, -0.15) is 10.4 Å². The molecule has 1 aliphatic heterocycles. The highest BCUT2D eigenvalue weighted by molar-refractivity contribution is 5.48. The first-order valence-corrected chi connectivity index (χ1v) is 6.88. The van der Waals surface area contributed by atoms with Crippen molar-refractivity contribution in [2.24, 2.45) is 0 Å². The number of nitriles is 1. The van der Waals surface area contributed by atoms with E-state index in [0.29, 0.717) is 12.2 Å². The van der Waals surface area contributed by atoms with Gasteiger partial charge < -0.3 is 10.1 Å². The lowest BCUT2D eigenvalue weighted by Crippen LogP contribution is -2.19. The summed E-state index contributed by atoms with van der Waals surface area (Å²) in [6.07, 6.45) is 3.51. The third-order valence-electron chi connectivity index (χ3n) is 3.45. The Kier molecular flexibility index (Phi) is 3.79. The molecule has 1 saturated heterocycles. The van der Waals surface area contributed by atoms with Crippen LogP contribution in [0.15, 0.2) is 18.5 Å². The van der Waals surface area contributed by atoms with Crippen LogP contribution < -0.4 is 5.32 Å². The predicted octanol–water partition coefficient (Wildman–Crippen LogP) is 1.71. The maximum absolute atomic E-state index is 8.93. The van der Waals surface area contributed by atoms with Gasteiger partial charge in [-0.3, -0.25) is 5.10 Å². The van der Waals surface area contributed by atoms with E-state index in [9.17, 15) is 0 Å². The molecule has 108 valence electrons. The first-order valence-electron chi connectivity index (χ1n) is 6.88. The van der Waals surface area contributed by atoms with Crippen molar-refractivity contribution < 1.29 is 4.74 Å². The number of H-pyrrole nitrogens is 1. The van der Waals surface area contributed by atoms with Crippen LogP contribution in [0.1, 0.15) is 36.2 Å². The van der Waals surface area contributed by atoms with Gasteiger partial charge in [0.1, 0.15) is 24.2 Å². The number of ether oxygens (including phenoxy) is 1. The number of hydrogen-bond acceptors (Lipinski definition) is 6. The number of aromatic nitrogens is 4. The minimum absolute atomic E-state index is 0.00635. The van der Waals surface area contributed by atoms with Crippen LogP contribution in [0, 0.1) is 18.3 Å². The summed E-state index contributed by atoms with van der Waals surface area (Å²) in [6.45, 7) is 2.57. The highest BCUT2D eigenvalue weighted by atomic mass is 16.5. The average Bonchev–Trinajstić information content (AvgIpc) is 3.15. The Labute approximate surface area is 122 Å². The topological polar surface area (TPSA) is 99.5 Å². The molecule has 2 aromatic heterocycles. The molecule has 0 amide bonds. The molecule has 3 heterocycles. The first kappa shape index (κ1) is 13.5. The summed E-state index contributed by atoms with van der Waals surface area (Å²) >= 11 is 0. The Bertz CT molecular complexity index is 648. The second kappa shape index (κ2) is 5.89. The second-order valence-corrected chi connectivity index (χ2v) is 5.07. The van der Waals surface area contributed by atoms with Gasteiger partial charge in [0.05, 0.1) is 6.10 Å². The summed E-state index contributed by atoms with van der Waals surface area (Å²) in [5, 5.41) is 18.9. The van der Waals surface area contributed by atoms with E-state index < -0.39 is 0 Å². The Hall–Kier alpha value is -2.46. The third kappa shape index (κ3) is 3.17. The maximum Gasteiger partial charge on any atom is 0.153 e.